The standard InChI is InChI=1S/C21H24N2O4S2/c22-11-12-23-21(24)20-6-2-1-4-16(20)15-29(25,26)19-9-7-18(8-10-19)28-14-17-5-3-13-27-17/h3,5,7-10,13,16,20H,1-2,4,6,12,14-15H2,(H,23,24)/t16-,20+/m0/s1. The van der Waals surface area contributed by atoms with Crippen molar-refractivity contribution in [1.82, 2.24) is 5.32 Å². The maximum absolute atomic E-state index is 12.9. The molecule has 1 amide bonds. The van der Waals surface area contributed by atoms with Crippen LogP contribution in [0.4, 0.5) is 0 Å². The predicted molar refractivity (Wildman–Crippen MR) is 111 cm³/mol. The van der Waals surface area contributed by atoms with Gasteiger partial charge in [-0.05, 0) is 55.2 Å². The summed E-state index contributed by atoms with van der Waals surface area (Å²) < 4.78 is 31.2. The van der Waals surface area contributed by atoms with Gasteiger partial charge in [0.05, 0.1) is 28.7 Å². The lowest BCUT2D eigenvalue weighted by molar-refractivity contribution is -0.127. The van der Waals surface area contributed by atoms with Crippen LogP contribution in [-0.4, -0.2) is 26.6 Å². The lowest BCUT2D eigenvalue weighted by Crippen LogP contribution is -2.39. The summed E-state index contributed by atoms with van der Waals surface area (Å²) >= 11 is 1.58. The summed E-state index contributed by atoms with van der Waals surface area (Å²) in [6, 6.07) is 12.5. The molecule has 154 valence electrons. The first-order chi connectivity index (χ1) is 14.0. The zero-order valence-corrected chi connectivity index (χ0v) is 17.7. The third-order valence-corrected chi connectivity index (χ3v) is 8.06. The van der Waals surface area contributed by atoms with E-state index in [1.54, 1.807) is 42.3 Å². The van der Waals surface area contributed by atoms with E-state index >= 15 is 0 Å². The number of thioether (sulfide) groups is 1. The third kappa shape index (κ3) is 5.87. The number of rotatable bonds is 8. The number of carbonyl (C=O) groups excluding carboxylic acids is 1. The van der Waals surface area contributed by atoms with Gasteiger partial charge in [-0.25, -0.2) is 8.42 Å². The van der Waals surface area contributed by atoms with Gasteiger partial charge >= 0.3 is 0 Å². The molecule has 1 saturated carbocycles. The molecule has 1 N–H and O–H groups in total. The van der Waals surface area contributed by atoms with E-state index in [-0.39, 0.29) is 34.9 Å². The quantitative estimate of drug-likeness (QED) is 0.503. The van der Waals surface area contributed by atoms with Crippen molar-refractivity contribution in [1.29, 1.82) is 5.26 Å². The van der Waals surface area contributed by atoms with E-state index < -0.39 is 9.84 Å². The SMILES string of the molecule is N#CCNC(=O)[C@@H]1CCCC[C@H]1CS(=O)(=O)c1ccc(SCc2ccco2)cc1. The highest BCUT2D eigenvalue weighted by molar-refractivity contribution is 7.98. The molecule has 1 aromatic heterocycles. The van der Waals surface area contributed by atoms with Gasteiger partial charge in [-0.3, -0.25) is 4.79 Å². The van der Waals surface area contributed by atoms with Crippen LogP contribution in [0.25, 0.3) is 0 Å². The molecule has 0 spiro atoms. The van der Waals surface area contributed by atoms with Crippen LogP contribution in [0.1, 0.15) is 31.4 Å². The number of nitrogens with zero attached hydrogens (tertiary/aromatic N) is 1. The number of carbonyl (C=O) groups is 1. The number of nitriles is 1. The molecule has 0 saturated heterocycles. The van der Waals surface area contributed by atoms with E-state index in [1.807, 2.05) is 18.2 Å². The average Bonchev–Trinajstić information content (AvgIpc) is 3.24. The zero-order chi connectivity index (χ0) is 20.7. The third-order valence-electron chi connectivity index (χ3n) is 5.17. The van der Waals surface area contributed by atoms with Gasteiger partial charge in [0.15, 0.2) is 9.84 Å². The molecule has 1 aromatic carbocycles. The number of amides is 1. The van der Waals surface area contributed by atoms with Crippen LogP contribution in [0, 0.1) is 23.2 Å². The molecule has 3 rings (SSSR count). The molecule has 1 aliphatic carbocycles. The van der Waals surface area contributed by atoms with Crippen LogP contribution in [0.3, 0.4) is 0 Å². The average molecular weight is 433 g/mol. The Labute approximate surface area is 175 Å². The molecule has 1 heterocycles. The molecular weight excluding hydrogens is 408 g/mol. The highest BCUT2D eigenvalue weighted by Crippen LogP contribution is 2.33. The van der Waals surface area contributed by atoms with Gasteiger partial charge in [0.2, 0.25) is 5.91 Å². The molecule has 0 bridgehead atoms. The molecule has 0 radical (unpaired) electrons. The fourth-order valence-corrected chi connectivity index (χ4v) is 6.19. The van der Waals surface area contributed by atoms with Gasteiger partial charge in [-0.1, -0.05) is 12.8 Å². The van der Waals surface area contributed by atoms with Gasteiger partial charge in [-0.2, -0.15) is 5.26 Å². The van der Waals surface area contributed by atoms with Crippen LogP contribution in [0.5, 0.6) is 0 Å². The minimum Gasteiger partial charge on any atom is -0.468 e. The van der Waals surface area contributed by atoms with Crippen molar-refractivity contribution in [3.8, 4) is 6.07 Å². The molecule has 1 aliphatic rings. The number of benzene rings is 1. The Morgan fingerprint density at radius 2 is 1.97 bits per heavy atom. The predicted octanol–water partition coefficient (Wildman–Crippen LogP) is 3.79. The zero-order valence-electron chi connectivity index (χ0n) is 16.0. The second-order valence-corrected chi connectivity index (χ2v) is 10.2. The van der Waals surface area contributed by atoms with Crippen LogP contribution in [0.2, 0.25) is 0 Å². The smallest absolute Gasteiger partial charge is 0.224 e. The Morgan fingerprint density at radius 1 is 1.21 bits per heavy atom. The van der Waals surface area contributed by atoms with E-state index in [0.717, 1.165) is 23.5 Å². The molecule has 0 unspecified atom stereocenters. The van der Waals surface area contributed by atoms with Gasteiger partial charge in [0.25, 0.3) is 0 Å². The van der Waals surface area contributed by atoms with Crippen LogP contribution >= 0.6 is 11.8 Å². The van der Waals surface area contributed by atoms with Crippen molar-refractivity contribution in [2.45, 2.75) is 41.2 Å². The van der Waals surface area contributed by atoms with Crippen molar-refractivity contribution in [2.24, 2.45) is 11.8 Å². The summed E-state index contributed by atoms with van der Waals surface area (Å²) in [5, 5.41) is 11.2. The first-order valence-electron chi connectivity index (χ1n) is 9.62. The summed E-state index contributed by atoms with van der Waals surface area (Å²) in [5.41, 5.74) is 0. The first kappa shape index (κ1) is 21.5. The largest absolute Gasteiger partial charge is 0.468 e. The molecule has 0 aliphatic heterocycles. The summed E-state index contributed by atoms with van der Waals surface area (Å²) in [6.45, 7) is -0.0497. The first-order valence-corrected chi connectivity index (χ1v) is 12.3. The van der Waals surface area contributed by atoms with Gasteiger partial charge in [0, 0.05) is 10.8 Å². The Balaban J connectivity index is 1.64. The van der Waals surface area contributed by atoms with Crippen molar-refractivity contribution in [3.05, 3.63) is 48.4 Å². The number of sulfone groups is 1. The number of hydrogen-bond donors (Lipinski definition) is 1. The van der Waals surface area contributed by atoms with E-state index in [2.05, 4.69) is 5.32 Å². The maximum atomic E-state index is 12.9. The second-order valence-electron chi connectivity index (χ2n) is 7.15. The molecule has 8 heteroatoms. The lowest BCUT2D eigenvalue weighted by atomic mass is 9.80. The molecular formula is C21H24N2O4S2. The molecule has 1 fully saturated rings. The topological polar surface area (TPSA) is 100 Å². The van der Waals surface area contributed by atoms with Gasteiger partial charge < -0.3 is 9.73 Å². The van der Waals surface area contributed by atoms with E-state index in [0.29, 0.717) is 18.6 Å². The minimum atomic E-state index is -3.49. The molecule has 2 aromatic rings. The Kier molecular flexibility index (Phi) is 7.40. The van der Waals surface area contributed by atoms with E-state index in [1.165, 1.54) is 0 Å². The maximum Gasteiger partial charge on any atom is 0.224 e. The highest BCUT2D eigenvalue weighted by Gasteiger charge is 2.34. The summed E-state index contributed by atoms with van der Waals surface area (Å²) in [7, 11) is -3.49. The fourth-order valence-electron chi connectivity index (χ4n) is 3.68. The monoisotopic (exact) mass is 432 g/mol. The van der Waals surface area contributed by atoms with Gasteiger partial charge in [0.1, 0.15) is 12.3 Å². The van der Waals surface area contributed by atoms with Crippen LogP contribution < -0.4 is 5.32 Å². The number of nitrogens with one attached hydrogen (secondary N) is 1. The normalized spacial score (nSPS) is 19.4. The number of furan rings is 1. The Bertz CT molecular complexity index is 948. The van der Waals surface area contributed by atoms with Crippen molar-refractivity contribution >= 4 is 27.5 Å². The van der Waals surface area contributed by atoms with E-state index in [9.17, 15) is 13.2 Å². The van der Waals surface area contributed by atoms with Crippen LogP contribution in [0.15, 0.2) is 56.9 Å². The second kappa shape index (κ2) is 9.99. The van der Waals surface area contributed by atoms with Crippen molar-refractivity contribution < 1.29 is 17.6 Å². The van der Waals surface area contributed by atoms with E-state index in [4.69, 9.17) is 9.68 Å². The molecule has 6 nitrogen and oxygen atoms in total. The Hall–Kier alpha value is -2.24. The molecule has 29 heavy (non-hydrogen) atoms. The summed E-state index contributed by atoms with van der Waals surface area (Å²) in [6.07, 6.45) is 4.83. The van der Waals surface area contributed by atoms with Crippen molar-refractivity contribution in [2.75, 3.05) is 12.3 Å². The summed E-state index contributed by atoms with van der Waals surface area (Å²) in [5.74, 6) is 0.716. The van der Waals surface area contributed by atoms with Gasteiger partial charge in [-0.15, -0.1) is 11.8 Å². The molecule has 2 atom stereocenters. The summed E-state index contributed by atoms with van der Waals surface area (Å²) in [4.78, 5) is 13.6. The Morgan fingerprint density at radius 3 is 2.66 bits per heavy atom. The highest BCUT2D eigenvalue weighted by atomic mass is 32.2. The van der Waals surface area contributed by atoms with Crippen LogP contribution in [-0.2, 0) is 20.4 Å². The minimum absolute atomic E-state index is 0.0451. The lowest BCUT2D eigenvalue weighted by Gasteiger charge is -2.30. The fraction of sp³-hybridized carbons (Fsp3) is 0.429. The number of hydrogen-bond acceptors (Lipinski definition) is 6. The van der Waals surface area contributed by atoms with Crippen molar-refractivity contribution in [3.63, 3.8) is 0 Å².